The van der Waals surface area contributed by atoms with Crippen LogP contribution in [0.2, 0.25) is 0 Å². The third-order valence-corrected chi connectivity index (χ3v) is 28.1. The monoisotopic (exact) mass is 2010 g/mol. The molecule has 0 fully saturated rings. The van der Waals surface area contributed by atoms with Gasteiger partial charge in [-0.25, -0.2) is 45.3 Å². The number of alkyl halides is 9. The third-order valence-electron chi connectivity index (χ3n) is 24.1. The summed E-state index contributed by atoms with van der Waals surface area (Å²) in [4.78, 5) is 141. The van der Waals surface area contributed by atoms with E-state index in [0.717, 1.165) is 78.7 Å². The molecule has 0 bridgehead atoms. The number of nitrogens with zero attached hydrogens (tertiary/aromatic N) is 18. The first kappa shape index (κ1) is 104. The Morgan fingerprint density at radius 1 is 0.343 bits per heavy atom. The summed E-state index contributed by atoms with van der Waals surface area (Å²) in [6.45, 7) is 23.3. The summed E-state index contributed by atoms with van der Waals surface area (Å²) < 4.78 is 297. The highest BCUT2D eigenvalue weighted by Gasteiger charge is 2.69. The Labute approximate surface area is 779 Å². The molecule has 0 radical (unpaired) electrons. The predicted molar refractivity (Wildman–Crippen MR) is 476 cm³/mol. The Morgan fingerprint density at radius 3 is 0.737 bits per heavy atom. The number of amides is 3. The van der Waals surface area contributed by atoms with Crippen LogP contribution in [0.3, 0.4) is 0 Å². The van der Waals surface area contributed by atoms with Gasteiger partial charge in [0, 0.05) is 129 Å². The van der Waals surface area contributed by atoms with E-state index >= 15 is 84.8 Å². The second-order valence-electron chi connectivity index (χ2n) is 39.2. The smallest absolute Gasteiger partial charge is 0.285 e. The Morgan fingerprint density at radius 2 is 0.547 bits per heavy atom. The largest absolute Gasteiger partial charge is 0.481 e. The van der Waals surface area contributed by atoms with Crippen molar-refractivity contribution in [2.45, 2.75) is 180 Å². The summed E-state index contributed by atoms with van der Waals surface area (Å²) in [7, 11) is 3.71. The van der Waals surface area contributed by atoms with Crippen LogP contribution in [0.25, 0.3) is 66.9 Å². The molecule has 9 heterocycles. The van der Waals surface area contributed by atoms with Gasteiger partial charge >= 0.3 is 43.4 Å². The van der Waals surface area contributed by atoms with Crippen molar-refractivity contribution in [3.63, 3.8) is 0 Å². The maximum atomic E-state index is 20.1. The van der Waals surface area contributed by atoms with Gasteiger partial charge in [-0.15, -0.1) is 34.0 Å². The van der Waals surface area contributed by atoms with Crippen molar-refractivity contribution >= 4 is 92.7 Å². The van der Waals surface area contributed by atoms with E-state index in [1.165, 1.54) is 167 Å². The number of aromatic nitrogens is 15. The lowest BCUT2D eigenvalue weighted by Crippen LogP contribution is -2.63. The summed E-state index contributed by atoms with van der Waals surface area (Å²) in [5.41, 5.74) is -44.2. The molecular formula is C87H96F15N18O13PS3. The lowest BCUT2D eigenvalue weighted by atomic mass is 9.68. The summed E-state index contributed by atoms with van der Waals surface area (Å²) in [6, 6.07) is 2.22. The SMILES string of the molecule is Cn1nc2c(c1CC(=O)N=c1scc(-c3ccc(F)c(C(F)(F)F)c3F)n1C(OP(=O)(OC(n1c(-c3ccc(F)c(C(F)(F)F)c3F)csc1=NC(=O)Cc1c3c(=O)n(C)c(=O)n(C)c3nn1C)(C(C)(C)C)C(C)(C)C)OC(n1c(-c3ccc(F)c(C(F)(F)F)c3F)csc1=NC(=O)Cc1c3c(=O)n(C)c(=O)n(C)c3nn1C)(C(C)(C)C)C(C)(C)C)(C(C)(C)C)C(C)(C)C)c(=O)n(C)c(=O)n2C. The number of rotatable bonds is 18. The summed E-state index contributed by atoms with van der Waals surface area (Å²) >= 11 is 0.922. The number of thiazole rings is 3. The van der Waals surface area contributed by atoms with E-state index in [9.17, 15) is 28.8 Å². The average Bonchev–Trinajstić information content (AvgIpc) is 1.67. The highest BCUT2D eigenvalue weighted by atomic mass is 32.1. The van der Waals surface area contributed by atoms with Gasteiger partial charge < -0.3 is 0 Å². The van der Waals surface area contributed by atoms with E-state index in [1.54, 1.807) is 0 Å². The molecule has 0 saturated heterocycles. The Bertz CT molecular complexity index is 7010. The van der Waals surface area contributed by atoms with Crippen LogP contribution in [0.1, 0.15) is 158 Å². The quantitative estimate of drug-likeness (QED) is 0.0569. The zero-order valence-electron chi connectivity index (χ0n) is 79.0. The van der Waals surface area contributed by atoms with Crippen LogP contribution in [0, 0.1) is 67.4 Å². The fourth-order valence-electron chi connectivity index (χ4n) is 18.7. The van der Waals surface area contributed by atoms with Crippen LogP contribution in [-0.4, -0.2) is 88.2 Å². The summed E-state index contributed by atoms with van der Waals surface area (Å²) in [5, 5.41) is 14.7. The van der Waals surface area contributed by atoms with Crippen molar-refractivity contribution < 1.29 is 98.4 Å². The second kappa shape index (κ2) is 34.5. The number of phosphoric ester groups is 1. The van der Waals surface area contributed by atoms with Crippen molar-refractivity contribution in [3.05, 3.63) is 198 Å². The topological polar surface area (TPSA) is 333 Å². The molecule has 3 amide bonds. The highest BCUT2D eigenvalue weighted by Crippen LogP contribution is 2.73. The summed E-state index contributed by atoms with van der Waals surface area (Å²) in [6.07, 6.45) is -20.7. The molecule has 0 N–H and O–H groups in total. The minimum Gasteiger partial charge on any atom is -0.285 e. The molecule has 12 aromatic rings. The number of fused-ring (bicyclic) bond motifs is 3. The molecule has 0 aliphatic carbocycles. The lowest BCUT2D eigenvalue weighted by Gasteiger charge is -2.60. The first-order valence-electron chi connectivity index (χ1n) is 41.6. The molecule has 31 nitrogen and oxygen atoms in total. The van der Waals surface area contributed by atoms with E-state index in [4.69, 9.17) is 13.6 Å². The number of halogens is 15. The second-order valence-corrected chi connectivity index (χ2v) is 43.1. The molecule has 137 heavy (non-hydrogen) atoms. The zero-order valence-corrected chi connectivity index (χ0v) is 82.4. The molecule has 740 valence electrons. The minimum absolute atomic E-state index is 0.213. The number of benzene rings is 3. The van der Waals surface area contributed by atoms with E-state index in [0.29, 0.717) is 65.9 Å². The molecule has 50 heteroatoms. The predicted octanol–water partition coefficient (Wildman–Crippen LogP) is 14.8. The number of carbonyl (C=O) groups is 3. The van der Waals surface area contributed by atoms with Crippen molar-refractivity contribution in [2.24, 2.45) is 111 Å². The number of hydrogen-bond acceptors (Lipinski definition) is 19. The van der Waals surface area contributed by atoms with Gasteiger partial charge in [-0.2, -0.15) is 69.8 Å². The molecule has 0 saturated carbocycles. The van der Waals surface area contributed by atoms with Crippen LogP contribution in [-0.2, 0) is 151 Å². The Balaban J connectivity index is 1.32. The van der Waals surface area contributed by atoms with Gasteiger partial charge in [0.25, 0.3) is 34.4 Å². The van der Waals surface area contributed by atoms with Gasteiger partial charge in [-0.3, -0.25) is 97.5 Å². The molecule has 0 aliphatic rings. The molecular weight excluding hydrogens is 1920 g/mol. The van der Waals surface area contributed by atoms with Gasteiger partial charge in [0.05, 0.1) is 53.4 Å². The zero-order chi connectivity index (χ0) is 103. The van der Waals surface area contributed by atoms with Crippen molar-refractivity contribution in [2.75, 3.05) is 0 Å². The average molecular weight is 2010 g/mol. The van der Waals surface area contributed by atoms with Crippen LogP contribution >= 0.6 is 41.8 Å². The normalized spacial score (nSPS) is 14.4. The van der Waals surface area contributed by atoms with E-state index in [1.807, 2.05) is 0 Å². The van der Waals surface area contributed by atoms with Crippen LogP contribution < -0.4 is 48.2 Å². The molecule has 0 atom stereocenters. The minimum atomic E-state index is -7.21. The van der Waals surface area contributed by atoms with E-state index in [-0.39, 0.29) is 68.4 Å². The fourth-order valence-corrected chi connectivity index (χ4v) is 24.5. The third kappa shape index (κ3) is 17.1. The number of hydrogen-bond donors (Lipinski definition) is 0. The lowest BCUT2D eigenvalue weighted by molar-refractivity contribution is -0.261. The standard InChI is InChI=1S/C87H96F15N18O13PS3/c1-76(2,3)85(77(4,5)6,118-49(40-28-31-43(88)58(61(40)91)82(94,95)96)37-135-70(118)103-52(121)34-46-55-64(106-115(46)25)109(19)73(127)112(22)67(55)124)131-134(130,132-86(78(7,8)9,79(10,11)12)119-50(41-29-32-44(89)59(62(41)92)83(97,98)99)38-136-71(119)104-53(122)35-47-56-65(107-116(47)26)110(20)74(128)113(23)68(56)125)133-87(80(13,14)15,81(16,17)18)120-51(42-30-33-45(90)60(63(42)93)84(100,101)102)39-137-72(120)105-54(123)36-48-57-66(108-117(48)27)111(21)75(129)114(24)69(57)126/h28-33,37-39H,34-36H2,1-27H3. The van der Waals surface area contributed by atoms with Gasteiger partial charge in [-0.05, 0) is 36.4 Å². The summed E-state index contributed by atoms with van der Waals surface area (Å²) in [5.74, 6) is -17.7. The number of aryl methyl sites for hydroxylation is 6. The molecule has 0 aliphatic heterocycles. The first-order valence-corrected chi connectivity index (χ1v) is 45.7. The van der Waals surface area contributed by atoms with Gasteiger partial charge in [0.15, 0.2) is 48.5 Å². The Kier molecular flexibility index (Phi) is 26.3. The molecule has 9 aromatic heterocycles. The maximum Gasteiger partial charge on any atom is 0.481 e. The molecule has 0 unspecified atom stereocenters. The van der Waals surface area contributed by atoms with Crippen LogP contribution in [0.5, 0.6) is 0 Å². The molecule has 12 rings (SSSR count). The first-order chi connectivity index (χ1) is 62.5. The maximum absolute atomic E-state index is 20.1. The molecule has 0 spiro atoms. The van der Waals surface area contributed by atoms with E-state index in [2.05, 4.69) is 30.3 Å². The van der Waals surface area contributed by atoms with Crippen molar-refractivity contribution in [1.29, 1.82) is 0 Å². The number of phosphoric acid groups is 1. The van der Waals surface area contributed by atoms with Gasteiger partial charge in [0.2, 0.25) is 0 Å². The highest BCUT2D eigenvalue weighted by molar-refractivity contribution is 7.48. The number of carbonyl (C=O) groups excluding carboxylic acids is 3. The van der Waals surface area contributed by atoms with Crippen LogP contribution in [0.15, 0.2) is 96.3 Å². The molecule has 3 aromatic carbocycles. The van der Waals surface area contributed by atoms with Gasteiger partial charge in [0.1, 0.15) is 67.8 Å². The van der Waals surface area contributed by atoms with Gasteiger partial charge in [-0.1, -0.05) is 125 Å². The van der Waals surface area contributed by atoms with E-state index < -0.39 is 247 Å². The Hall–Kier alpha value is -11.5. The van der Waals surface area contributed by atoms with Crippen molar-refractivity contribution in [1.82, 2.24) is 70.4 Å². The fraction of sp³-hybridized carbons (Fsp3) is 0.483. The van der Waals surface area contributed by atoms with Crippen molar-refractivity contribution in [3.8, 4) is 33.8 Å². The van der Waals surface area contributed by atoms with Crippen LogP contribution in [0.4, 0.5) is 65.9 Å².